The number of aliphatic hydroxyl groups excluding tert-OH is 1. The maximum Gasteiger partial charge on any atom is 0.191 e. The number of ether oxygens (including phenoxy) is 3. The van der Waals surface area contributed by atoms with Crippen LogP contribution >= 0.6 is 0 Å². The van der Waals surface area contributed by atoms with E-state index >= 15 is 0 Å². The molecule has 0 bridgehead atoms. The van der Waals surface area contributed by atoms with Gasteiger partial charge in [0, 0.05) is 44.2 Å². The molecule has 2 aliphatic rings. The molecule has 0 radical (unpaired) electrons. The number of aliphatic imine (C=N–C) groups is 1. The van der Waals surface area contributed by atoms with Crippen molar-refractivity contribution in [2.24, 2.45) is 10.4 Å². The molecule has 28 heavy (non-hydrogen) atoms. The summed E-state index contributed by atoms with van der Waals surface area (Å²) >= 11 is 0. The molecule has 3 N–H and O–H groups in total. The van der Waals surface area contributed by atoms with E-state index in [9.17, 15) is 5.11 Å². The molecule has 0 aromatic heterocycles. The molecule has 7 nitrogen and oxygen atoms in total. The molecular weight excluding hydrogens is 358 g/mol. The minimum Gasteiger partial charge on any atom is -0.486 e. The molecular formula is C21H33N3O4. The van der Waals surface area contributed by atoms with Crippen LogP contribution in [0.5, 0.6) is 11.5 Å². The SMILES string of the molecule is CN=C(NCC1(CCO)CCOC1)NCC(C)(C)c1ccc2c(c1)OCCO2. The van der Waals surface area contributed by atoms with Crippen LogP contribution in [0.25, 0.3) is 0 Å². The summed E-state index contributed by atoms with van der Waals surface area (Å²) in [6.45, 7) is 8.63. The van der Waals surface area contributed by atoms with E-state index in [-0.39, 0.29) is 17.4 Å². The molecule has 1 atom stereocenters. The number of hydrogen-bond donors (Lipinski definition) is 3. The highest BCUT2D eigenvalue weighted by atomic mass is 16.6. The molecule has 1 aromatic rings. The summed E-state index contributed by atoms with van der Waals surface area (Å²) in [5, 5.41) is 16.2. The van der Waals surface area contributed by atoms with E-state index in [1.165, 1.54) is 5.56 Å². The van der Waals surface area contributed by atoms with Gasteiger partial charge < -0.3 is 30.0 Å². The zero-order valence-electron chi connectivity index (χ0n) is 17.2. The standard InChI is InChI=1S/C21H33N3O4/c1-20(2,16-4-5-17-18(12-16)28-11-10-27-17)13-23-19(22-3)24-14-21(6-8-25)7-9-26-15-21/h4-5,12,25H,6-11,13-15H2,1-3H3,(H2,22,23,24). The van der Waals surface area contributed by atoms with Crippen LogP contribution in [0.4, 0.5) is 0 Å². The molecule has 2 heterocycles. The van der Waals surface area contributed by atoms with Crippen molar-refractivity contribution in [2.45, 2.75) is 32.1 Å². The Morgan fingerprint density at radius 1 is 1.18 bits per heavy atom. The van der Waals surface area contributed by atoms with Gasteiger partial charge >= 0.3 is 0 Å². The van der Waals surface area contributed by atoms with Crippen molar-refractivity contribution in [3.8, 4) is 11.5 Å². The Labute approximate surface area is 167 Å². The monoisotopic (exact) mass is 391 g/mol. The lowest BCUT2D eigenvalue weighted by Gasteiger charge is -2.30. The fraction of sp³-hybridized carbons (Fsp3) is 0.667. The van der Waals surface area contributed by atoms with Crippen LogP contribution in [-0.4, -0.2) is 64.2 Å². The third kappa shape index (κ3) is 4.89. The molecule has 0 aliphatic carbocycles. The summed E-state index contributed by atoms with van der Waals surface area (Å²) in [4.78, 5) is 4.35. The van der Waals surface area contributed by atoms with Gasteiger partial charge in [-0.15, -0.1) is 0 Å². The van der Waals surface area contributed by atoms with Gasteiger partial charge in [-0.05, 0) is 30.5 Å². The summed E-state index contributed by atoms with van der Waals surface area (Å²) in [5.41, 5.74) is 1.05. The quantitative estimate of drug-likeness (QED) is 0.485. The van der Waals surface area contributed by atoms with Gasteiger partial charge in [0.15, 0.2) is 17.5 Å². The van der Waals surface area contributed by atoms with Crippen molar-refractivity contribution in [3.05, 3.63) is 23.8 Å². The first-order valence-electron chi connectivity index (χ1n) is 10.0. The Morgan fingerprint density at radius 3 is 2.64 bits per heavy atom. The number of nitrogens with one attached hydrogen (secondary N) is 2. The number of rotatable bonds is 7. The van der Waals surface area contributed by atoms with Gasteiger partial charge in [-0.25, -0.2) is 0 Å². The molecule has 1 aromatic carbocycles. The summed E-state index contributed by atoms with van der Waals surface area (Å²) in [6, 6.07) is 6.15. The maximum atomic E-state index is 9.39. The molecule has 0 saturated carbocycles. The van der Waals surface area contributed by atoms with Gasteiger partial charge in [-0.2, -0.15) is 0 Å². The lowest BCUT2D eigenvalue weighted by atomic mass is 9.84. The van der Waals surface area contributed by atoms with Crippen molar-refractivity contribution in [1.82, 2.24) is 10.6 Å². The Hall–Kier alpha value is -1.99. The number of hydrogen-bond acceptors (Lipinski definition) is 5. The molecule has 0 amide bonds. The topological polar surface area (TPSA) is 84.3 Å². The van der Waals surface area contributed by atoms with E-state index in [2.05, 4.69) is 41.6 Å². The summed E-state index contributed by atoms with van der Waals surface area (Å²) in [6.07, 6.45) is 1.69. The van der Waals surface area contributed by atoms with E-state index in [0.717, 1.165) is 50.0 Å². The lowest BCUT2D eigenvalue weighted by Crippen LogP contribution is -2.47. The third-order valence-corrected chi connectivity index (χ3v) is 5.70. The number of benzene rings is 1. The maximum absolute atomic E-state index is 9.39. The van der Waals surface area contributed by atoms with Crippen molar-refractivity contribution >= 4 is 5.96 Å². The lowest BCUT2D eigenvalue weighted by molar-refractivity contribution is 0.127. The van der Waals surface area contributed by atoms with Crippen molar-refractivity contribution in [2.75, 3.05) is 53.2 Å². The van der Waals surface area contributed by atoms with Gasteiger partial charge in [0.25, 0.3) is 0 Å². The molecule has 1 unspecified atom stereocenters. The van der Waals surface area contributed by atoms with Crippen LogP contribution < -0.4 is 20.1 Å². The average Bonchev–Trinajstić information content (AvgIpc) is 3.16. The van der Waals surface area contributed by atoms with E-state index in [0.29, 0.717) is 19.8 Å². The number of fused-ring (bicyclic) bond motifs is 1. The van der Waals surface area contributed by atoms with Gasteiger partial charge in [-0.1, -0.05) is 19.9 Å². The zero-order chi connectivity index (χ0) is 20.0. The normalized spacial score (nSPS) is 22.2. The first-order chi connectivity index (χ1) is 13.5. The predicted octanol–water partition coefficient (Wildman–Crippen LogP) is 1.69. The van der Waals surface area contributed by atoms with Crippen LogP contribution in [0.3, 0.4) is 0 Å². The van der Waals surface area contributed by atoms with E-state index in [1.807, 2.05) is 6.07 Å². The summed E-state index contributed by atoms with van der Waals surface area (Å²) in [7, 11) is 1.77. The second-order valence-electron chi connectivity index (χ2n) is 8.30. The van der Waals surface area contributed by atoms with Gasteiger partial charge in [0.2, 0.25) is 0 Å². The predicted molar refractivity (Wildman–Crippen MR) is 109 cm³/mol. The molecule has 7 heteroatoms. The fourth-order valence-electron chi connectivity index (χ4n) is 3.67. The first-order valence-corrected chi connectivity index (χ1v) is 10.0. The molecule has 1 fully saturated rings. The van der Waals surface area contributed by atoms with Crippen LogP contribution in [0.2, 0.25) is 0 Å². The number of nitrogens with zero attached hydrogens (tertiary/aromatic N) is 1. The van der Waals surface area contributed by atoms with Crippen LogP contribution in [0, 0.1) is 5.41 Å². The molecule has 0 spiro atoms. The van der Waals surface area contributed by atoms with E-state index < -0.39 is 0 Å². The Kier molecular flexibility index (Phi) is 6.67. The zero-order valence-corrected chi connectivity index (χ0v) is 17.2. The second-order valence-corrected chi connectivity index (χ2v) is 8.30. The smallest absolute Gasteiger partial charge is 0.191 e. The Balaban J connectivity index is 1.58. The largest absolute Gasteiger partial charge is 0.486 e. The van der Waals surface area contributed by atoms with Crippen LogP contribution in [-0.2, 0) is 10.2 Å². The van der Waals surface area contributed by atoms with E-state index in [4.69, 9.17) is 14.2 Å². The average molecular weight is 392 g/mol. The van der Waals surface area contributed by atoms with Crippen molar-refractivity contribution in [3.63, 3.8) is 0 Å². The van der Waals surface area contributed by atoms with Crippen LogP contribution in [0.15, 0.2) is 23.2 Å². The number of aliphatic hydroxyl groups is 1. The molecule has 2 aliphatic heterocycles. The second kappa shape index (κ2) is 9.01. The minimum atomic E-state index is -0.118. The molecule has 1 saturated heterocycles. The highest BCUT2D eigenvalue weighted by Gasteiger charge is 2.34. The van der Waals surface area contributed by atoms with Crippen molar-refractivity contribution in [1.29, 1.82) is 0 Å². The molecule has 3 rings (SSSR count). The summed E-state index contributed by atoms with van der Waals surface area (Å²) < 4.78 is 16.9. The highest BCUT2D eigenvalue weighted by molar-refractivity contribution is 5.79. The fourth-order valence-corrected chi connectivity index (χ4v) is 3.67. The van der Waals surface area contributed by atoms with Gasteiger partial charge in [-0.3, -0.25) is 4.99 Å². The Bertz CT molecular complexity index is 684. The van der Waals surface area contributed by atoms with Gasteiger partial charge in [0.1, 0.15) is 13.2 Å². The Morgan fingerprint density at radius 2 is 1.96 bits per heavy atom. The third-order valence-electron chi connectivity index (χ3n) is 5.70. The molecule has 156 valence electrons. The first kappa shape index (κ1) is 20.7. The number of guanidine groups is 1. The minimum absolute atomic E-state index is 0.0162. The van der Waals surface area contributed by atoms with Gasteiger partial charge in [0.05, 0.1) is 6.61 Å². The summed E-state index contributed by atoms with van der Waals surface area (Å²) in [5.74, 6) is 2.38. The van der Waals surface area contributed by atoms with Crippen LogP contribution in [0.1, 0.15) is 32.3 Å². The van der Waals surface area contributed by atoms with Crippen molar-refractivity contribution < 1.29 is 19.3 Å². The highest BCUT2D eigenvalue weighted by Crippen LogP contribution is 2.35. The van der Waals surface area contributed by atoms with E-state index in [1.54, 1.807) is 7.05 Å².